The summed E-state index contributed by atoms with van der Waals surface area (Å²) in [7, 11) is 0. The standard InChI is InChI=1S/C21H13F6N7.C2H6/c22-20(23,24)11-2-1-3-16(30-9-11)33-14-6-7-29-19-18(14)31-10-15(34-19)17-13(21(25,26)27)5-4-12(8-28)32-17;1-2/h4-7,9-10H,1-3H2,(H,29,30,33,34);1-2H3. The quantitative estimate of drug-likeness (QED) is 0.401. The minimum absolute atomic E-state index is 0.0273. The SMILES string of the molecule is CC.N#Cc1ccc(C(F)(F)F)c(-c2cnc3c(NC4=NC=C(C(F)(F)F)CCC4)ccnc3n2)n1. The van der Waals surface area contributed by atoms with Crippen molar-refractivity contribution in [3.05, 3.63) is 53.6 Å². The Bertz CT molecular complexity index is 1350. The molecule has 1 N–H and O–H groups in total. The summed E-state index contributed by atoms with van der Waals surface area (Å²) < 4.78 is 79.2. The summed E-state index contributed by atoms with van der Waals surface area (Å²) >= 11 is 0. The fourth-order valence-corrected chi connectivity index (χ4v) is 3.28. The van der Waals surface area contributed by atoms with Gasteiger partial charge in [0.15, 0.2) is 5.65 Å². The van der Waals surface area contributed by atoms with Crippen molar-refractivity contribution in [2.24, 2.45) is 4.99 Å². The second kappa shape index (κ2) is 10.7. The molecule has 3 aromatic rings. The number of rotatable bonds is 2. The molecule has 0 amide bonds. The number of allylic oxidation sites excluding steroid dienone is 1. The zero-order chi connectivity index (χ0) is 26.5. The van der Waals surface area contributed by atoms with Crippen LogP contribution >= 0.6 is 0 Å². The maximum atomic E-state index is 13.5. The third-order valence-corrected chi connectivity index (χ3v) is 4.88. The van der Waals surface area contributed by atoms with Crippen LogP contribution in [0.2, 0.25) is 0 Å². The first kappa shape index (κ1) is 26.5. The van der Waals surface area contributed by atoms with Crippen LogP contribution in [0.15, 0.2) is 47.4 Å². The first-order valence-electron chi connectivity index (χ1n) is 10.8. The van der Waals surface area contributed by atoms with Gasteiger partial charge in [0, 0.05) is 18.8 Å². The fraction of sp³-hybridized carbons (Fsp3) is 0.304. The van der Waals surface area contributed by atoms with Crippen molar-refractivity contribution >= 4 is 22.7 Å². The molecule has 0 aromatic carbocycles. The molecule has 0 spiro atoms. The highest BCUT2D eigenvalue weighted by molar-refractivity contribution is 6.01. The van der Waals surface area contributed by atoms with E-state index < -0.39 is 29.2 Å². The lowest BCUT2D eigenvalue weighted by Gasteiger charge is -2.13. The number of nitrogens with zero attached hydrogens (tertiary/aromatic N) is 6. The summed E-state index contributed by atoms with van der Waals surface area (Å²) in [5.74, 6) is 0.264. The van der Waals surface area contributed by atoms with E-state index in [0.717, 1.165) is 24.5 Å². The molecular weight excluding hydrogens is 488 g/mol. The molecule has 0 atom stereocenters. The van der Waals surface area contributed by atoms with Gasteiger partial charge in [-0.05, 0) is 31.0 Å². The number of aliphatic imine (C=N–C) groups is 1. The zero-order valence-electron chi connectivity index (χ0n) is 19.0. The minimum atomic E-state index is -4.75. The number of aromatic nitrogens is 4. The molecular formula is C23H19F6N7. The molecule has 1 aliphatic rings. The fourth-order valence-electron chi connectivity index (χ4n) is 3.28. The summed E-state index contributed by atoms with van der Waals surface area (Å²) in [4.78, 5) is 19.9. The number of nitrogens with one attached hydrogen (secondary N) is 1. The van der Waals surface area contributed by atoms with Crippen molar-refractivity contribution in [3.8, 4) is 17.5 Å². The van der Waals surface area contributed by atoms with Gasteiger partial charge in [-0.25, -0.2) is 24.9 Å². The van der Waals surface area contributed by atoms with E-state index in [1.807, 2.05) is 13.8 Å². The Morgan fingerprint density at radius 2 is 1.69 bits per heavy atom. The van der Waals surface area contributed by atoms with E-state index in [0.29, 0.717) is 5.69 Å². The van der Waals surface area contributed by atoms with E-state index in [2.05, 4.69) is 30.2 Å². The molecule has 36 heavy (non-hydrogen) atoms. The number of alkyl halides is 6. The van der Waals surface area contributed by atoms with Gasteiger partial charge in [-0.15, -0.1) is 0 Å². The number of hydrogen-bond donors (Lipinski definition) is 1. The summed E-state index contributed by atoms with van der Waals surface area (Å²) in [5.41, 5.74) is -2.41. The first-order valence-corrected chi connectivity index (χ1v) is 10.8. The summed E-state index contributed by atoms with van der Waals surface area (Å²) in [6.07, 6.45) is -5.77. The number of amidine groups is 1. The van der Waals surface area contributed by atoms with Gasteiger partial charge in [0.1, 0.15) is 34.5 Å². The number of anilines is 1. The molecule has 7 nitrogen and oxygen atoms in total. The number of pyridine rings is 2. The van der Waals surface area contributed by atoms with Crippen LogP contribution in [-0.4, -0.2) is 31.9 Å². The van der Waals surface area contributed by atoms with Gasteiger partial charge in [-0.3, -0.25) is 0 Å². The molecule has 188 valence electrons. The van der Waals surface area contributed by atoms with Crippen molar-refractivity contribution in [1.29, 1.82) is 5.26 Å². The first-order chi connectivity index (χ1) is 17.1. The van der Waals surface area contributed by atoms with Crippen LogP contribution in [0, 0.1) is 11.3 Å². The van der Waals surface area contributed by atoms with Gasteiger partial charge in [-0.2, -0.15) is 31.6 Å². The number of fused-ring (bicyclic) bond motifs is 1. The normalized spacial score (nSPS) is 14.1. The van der Waals surface area contributed by atoms with Crippen LogP contribution in [0.25, 0.3) is 22.6 Å². The Morgan fingerprint density at radius 3 is 2.36 bits per heavy atom. The molecule has 1 aliphatic heterocycles. The Labute approximate surface area is 201 Å². The van der Waals surface area contributed by atoms with Gasteiger partial charge in [-0.1, -0.05) is 13.8 Å². The molecule has 0 aliphatic carbocycles. The van der Waals surface area contributed by atoms with E-state index >= 15 is 0 Å². The van der Waals surface area contributed by atoms with Gasteiger partial charge in [0.2, 0.25) is 0 Å². The summed E-state index contributed by atoms with van der Waals surface area (Å²) in [5, 5.41) is 11.9. The lowest BCUT2D eigenvalue weighted by atomic mass is 10.1. The smallest absolute Gasteiger partial charge is 0.342 e. The number of halogens is 6. The molecule has 0 bridgehead atoms. The van der Waals surface area contributed by atoms with Gasteiger partial charge < -0.3 is 5.32 Å². The highest BCUT2D eigenvalue weighted by Gasteiger charge is 2.36. The molecule has 3 aromatic heterocycles. The average Bonchev–Trinajstić information content (AvgIpc) is 3.10. The maximum Gasteiger partial charge on any atom is 0.418 e. The second-order valence-electron chi connectivity index (χ2n) is 7.19. The van der Waals surface area contributed by atoms with Gasteiger partial charge >= 0.3 is 12.4 Å². The number of nitriles is 1. The topological polar surface area (TPSA) is 99.7 Å². The van der Waals surface area contributed by atoms with Crippen molar-refractivity contribution in [2.75, 3.05) is 5.32 Å². The molecule has 0 saturated heterocycles. The molecule has 4 rings (SSSR count). The molecule has 13 heteroatoms. The van der Waals surface area contributed by atoms with E-state index in [1.54, 1.807) is 6.07 Å². The largest absolute Gasteiger partial charge is 0.418 e. The molecule has 0 unspecified atom stereocenters. The highest BCUT2D eigenvalue weighted by Crippen LogP contribution is 2.36. The van der Waals surface area contributed by atoms with Crippen LogP contribution in [-0.2, 0) is 6.18 Å². The van der Waals surface area contributed by atoms with Crippen LogP contribution in [0.1, 0.15) is 44.4 Å². The molecule has 4 heterocycles. The maximum absolute atomic E-state index is 13.5. The van der Waals surface area contributed by atoms with Crippen LogP contribution < -0.4 is 5.32 Å². The average molecular weight is 507 g/mol. The van der Waals surface area contributed by atoms with Crippen molar-refractivity contribution in [2.45, 2.75) is 45.5 Å². The van der Waals surface area contributed by atoms with Crippen LogP contribution in [0.3, 0.4) is 0 Å². The Morgan fingerprint density at radius 1 is 0.944 bits per heavy atom. The second-order valence-corrected chi connectivity index (χ2v) is 7.19. The third-order valence-electron chi connectivity index (χ3n) is 4.88. The van der Waals surface area contributed by atoms with E-state index in [9.17, 15) is 26.3 Å². The summed E-state index contributed by atoms with van der Waals surface area (Å²) in [6.45, 7) is 4.00. The van der Waals surface area contributed by atoms with E-state index in [4.69, 9.17) is 5.26 Å². The van der Waals surface area contributed by atoms with Crippen LogP contribution in [0.5, 0.6) is 0 Å². The van der Waals surface area contributed by atoms with Crippen molar-refractivity contribution < 1.29 is 26.3 Å². The molecule has 0 radical (unpaired) electrons. The molecule has 0 fully saturated rings. The van der Waals surface area contributed by atoms with Crippen molar-refractivity contribution in [1.82, 2.24) is 19.9 Å². The third kappa shape index (κ3) is 5.94. The van der Waals surface area contributed by atoms with Crippen LogP contribution in [0.4, 0.5) is 32.0 Å². The van der Waals surface area contributed by atoms with E-state index in [1.165, 1.54) is 12.3 Å². The van der Waals surface area contributed by atoms with Gasteiger partial charge in [0.25, 0.3) is 0 Å². The zero-order valence-corrected chi connectivity index (χ0v) is 19.0. The Balaban J connectivity index is 0.00000176. The predicted molar refractivity (Wildman–Crippen MR) is 121 cm³/mol. The monoisotopic (exact) mass is 507 g/mol. The Kier molecular flexibility index (Phi) is 7.87. The lowest BCUT2D eigenvalue weighted by molar-refractivity contribution is -0.137. The van der Waals surface area contributed by atoms with Crippen molar-refractivity contribution in [3.63, 3.8) is 0 Å². The number of hydrogen-bond acceptors (Lipinski definition) is 7. The predicted octanol–water partition coefficient (Wildman–Crippen LogP) is 6.44. The Hall–Kier alpha value is -4.08. The molecule has 0 saturated carbocycles. The highest BCUT2D eigenvalue weighted by atomic mass is 19.4. The minimum Gasteiger partial charge on any atom is -0.342 e. The summed E-state index contributed by atoms with van der Waals surface area (Å²) in [6, 6.07) is 4.87. The van der Waals surface area contributed by atoms with Gasteiger partial charge in [0.05, 0.1) is 23.0 Å². The lowest BCUT2D eigenvalue weighted by Crippen LogP contribution is -2.12. The van der Waals surface area contributed by atoms with E-state index in [-0.39, 0.29) is 47.6 Å².